The molecule has 0 unspecified atom stereocenters. The van der Waals surface area contributed by atoms with Crippen LogP contribution >= 0.6 is 40.2 Å². The van der Waals surface area contributed by atoms with Gasteiger partial charge in [0.05, 0.1) is 5.75 Å². The molecule has 0 atom stereocenters. The molecular formula is C8H13N2O2PS4. The molecule has 0 saturated carbocycles. The molecular weight excluding hydrogens is 315 g/mol. The smallest absolute Gasteiger partial charge is 0.247 e. The van der Waals surface area contributed by atoms with Crippen molar-refractivity contribution in [2.75, 3.05) is 20.0 Å². The first-order valence-corrected chi connectivity index (χ1v) is 10.6. The summed E-state index contributed by atoms with van der Waals surface area (Å²) in [5, 5.41) is 9.10. The van der Waals surface area contributed by atoms with Crippen molar-refractivity contribution in [1.29, 1.82) is 0 Å². The van der Waals surface area contributed by atoms with Gasteiger partial charge in [0.25, 0.3) is 0 Å². The lowest BCUT2D eigenvalue weighted by molar-refractivity contribution is 0.354. The van der Waals surface area contributed by atoms with Crippen LogP contribution in [0, 0.1) is 0 Å². The summed E-state index contributed by atoms with van der Waals surface area (Å²) in [7, 11) is 3.14. The molecule has 1 aromatic rings. The zero-order valence-corrected chi connectivity index (χ0v) is 13.7. The van der Waals surface area contributed by atoms with Crippen LogP contribution < -0.4 is 0 Å². The van der Waals surface area contributed by atoms with E-state index in [9.17, 15) is 0 Å². The van der Waals surface area contributed by atoms with Gasteiger partial charge in [0.2, 0.25) is 5.69 Å². The maximum absolute atomic E-state index is 5.25. The molecule has 0 aromatic carbocycles. The molecule has 4 nitrogen and oxygen atoms in total. The van der Waals surface area contributed by atoms with Crippen LogP contribution in [0.25, 0.3) is 0 Å². The fourth-order valence-electron chi connectivity index (χ4n) is 0.799. The molecule has 1 heterocycles. The van der Waals surface area contributed by atoms with E-state index in [0.29, 0.717) is 5.75 Å². The molecule has 1 aromatic heterocycles. The lowest BCUT2D eigenvalue weighted by Crippen LogP contribution is -1.85. The summed E-state index contributed by atoms with van der Waals surface area (Å²) in [4.78, 5) is 0. The second-order valence-electron chi connectivity index (χ2n) is 2.65. The molecule has 0 radical (unpaired) electrons. The van der Waals surface area contributed by atoms with Gasteiger partial charge in [0.1, 0.15) is 5.01 Å². The molecule has 17 heavy (non-hydrogen) atoms. The lowest BCUT2D eigenvalue weighted by atomic mass is 10.8. The van der Waals surface area contributed by atoms with Crippen molar-refractivity contribution in [3.8, 4) is 0 Å². The first-order chi connectivity index (χ1) is 8.13. The third kappa shape index (κ3) is 5.38. The van der Waals surface area contributed by atoms with Crippen LogP contribution in [-0.4, -0.2) is 30.2 Å². The minimum atomic E-state index is -2.19. The Labute approximate surface area is 118 Å². The summed E-state index contributed by atoms with van der Waals surface area (Å²) >= 11 is 9.91. The van der Waals surface area contributed by atoms with Gasteiger partial charge in [-0.25, -0.2) is 0 Å². The van der Waals surface area contributed by atoms with Crippen LogP contribution in [0.4, 0.5) is 0 Å². The van der Waals surface area contributed by atoms with Gasteiger partial charge in [-0.15, -0.1) is 16.8 Å². The first-order valence-electron chi connectivity index (χ1n) is 4.55. The predicted octanol–water partition coefficient (Wildman–Crippen LogP) is 3.57. The second-order valence-corrected chi connectivity index (χ2v) is 11.5. The van der Waals surface area contributed by atoms with Gasteiger partial charge in [-0.2, -0.15) is 0 Å². The maximum Gasteiger partial charge on any atom is 0.247 e. The van der Waals surface area contributed by atoms with Crippen LogP contribution in [-0.2, 0) is 26.6 Å². The number of aromatic nitrogens is 2. The first kappa shape index (κ1) is 15.6. The Kier molecular flexibility index (Phi) is 7.25. The standard InChI is InChI=1S/C8H13N2O2PS4/c1-4-5-15-8-10-9-7(17-8)6-16-13(14,11-2)12-3/h4H,1,5-6H2,2-3H3. The molecule has 0 N–H and O–H groups in total. The summed E-state index contributed by atoms with van der Waals surface area (Å²) in [5.41, 5.74) is -2.19. The molecule has 0 bridgehead atoms. The van der Waals surface area contributed by atoms with Gasteiger partial charge in [-0.05, 0) is 11.8 Å². The van der Waals surface area contributed by atoms with Crippen molar-refractivity contribution in [2.45, 2.75) is 10.1 Å². The number of hydrogen-bond acceptors (Lipinski definition) is 8. The van der Waals surface area contributed by atoms with E-state index in [1.54, 1.807) is 37.3 Å². The van der Waals surface area contributed by atoms with Crippen molar-refractivity contribution < 1.29 is 9.05 Å². The molecule has 1 rings (SSSR count). The van der Waals surface area contributed by atoms with E-state index < -0.39 is 5.69 Å². The minimum absolute atomic E-state index is 0.672. The summed E-state index contributed by atoms with van der Waals surface area (Å²) in [6.45, 7) is 3.66. The highest BCUT2D eigenvalue weighted by Crippen LogP contribution is 2.60. The lowest BCUT2D eigenvalue weighted by Gasteiger charge is -2.15. The van der Waals surface area contributed by atoms with Gasteiger partial charge < -0.3 is 9.05 Å². The van der Waals surface area contributed by atoms with Gasteiger partial charge in [0, 0.05) is 20.0 Å². The van der Waals surface area contributed by atoms with Crippen LogP contribution in [0.5, 0.6) is 0 Å². The van der Waals surface area contributed by atoms with E-state index in [1.165, 1.54) is 11.4 Å². The SMILES string of the molecule is C=CCSc1nnc(CSP(=S)(OC)OC)s1. The van der Waals surface area contributed by atoms with E-state index in [2.05, 4.69) is 16.8 Å². The fourth-order valence-corrected chi connectivity index (χ4v) is 5.56. The van der Waals surface area contributed by atoms with E-state index in [1.807, 2.05) is 6.08 Å². The summed E-state index contributed by atoms with van der Waals surface area (Å²) in [5.74, 6) is 1.52. The van der Waals surface area contributed by atoms with Crippen LogP contribution in [0.1, 0.15) is 5.01 Å². The van der Waals surface area contributed by atoms with Crippen molar-refractivity contribution in [1.82, 2.24) is 10.2 Å². The number of rotatable bonds is 8. The van der Waals surface area contributed by atoms with Crippen molar-refractivity contribution in [2.24, 2.45) is 0 Å². The fraction of sp³-hybridized carbons (Fsp3) is 0.500. The zero-order chi connectivity index (χ0) is 12.7. The highest BCUT2D eigenvalue weighted by atomic mass is 32.9. The van der Waals surface area contributed by atoms with Crippen molar-refractivity contribution in [3.05, 3.63) is 17.7 Å². The molecule has 0 aliphatic carbocycles. The Morgan fingerprint density at radius 1 is 1.47 bits per heavy atom. The quantitative estimate of drug-likeness (QED) is 0.410. The Bertz CT molecular complexity index is 404. The Morgan fingerprint density at radius 2 is 2.18 bits per heavy atom. The number of nitrogens with zero attached hydrogens (tertiary/aromatic N) is 2. The topological polar surface area (TPSA) is 44.2 Å². The summed E-state index contributed by atoms with van der Waals surface area (Å²) in [6.07, 6.45) is 1.84. The van der Waals surface area contributed by atoms with E-state index >= 15 is 0 Å². The van der Waals surface area contributed by atoms with Crippen molar-refractivity contribution in [3.63, 3.8) is 0 Å². The van der Waals surface area contributed by atoms with E-state index in [4.69, 9.17) is 20.9 Å². The summed E-state index contributed by atoms with van der Waals surface area (Å²) < 4.78 is 11.3. The van der Waals surface area contributed by atoms with Crippen LogP contribution in [0.3, 0.4) is 0 Å². The molecule has 0 spiro atoms. The second kappa shape index (κ2) is 7.89. The third-order valence-corrected chi connectivity index (χ3v) is 9.49. The average Bonchev–Trinajstić information content (AvgIpc) is 2.81. The normalized spacial score (nSPS) is 11.6. The number of hydrogen-bond donors (Lipinski definition) is 0. The monoisotopic (exact) mass is 328 g/mol. The van der Waals surface area contributed by atoms with Gasteiger partial charge in [0.15, 0.2) is 4.34 Å². The highest BCUT2D eigenvalue weighted by Gasteiger charge is 2.17. The molecule has 96 valence electrons. The number of thioether (sulfide) groups is 1. The molecule has 9 heteroatoms. The average molecular weight is 328 g/mol. The summed E-state index contributed by atoms with van der Waals surface area (Å²) in [6, 6.07) is 0. The van der Waals surface area contributed by atoms with Gasteiger partial charge in [-0.1, -0.05) is 40.6 Å². The maximum atomic E-state index is 5.25. The van der Waals surface area contributed by atoms with Gasteiger partial charge >= 0.3 is 0 Å². The molecule has 0 aliphatic rings. The molecule has 0 amide bonds. The minimum Gasteiger partial charge on any atom is -0.325 e. The largest absolute Gasteiger partial charge is 0.325 e. The van der Waals surface area contributed by atoms with E-state index in [0.717, 1.165) is 15.1 Å². The Morgan fingerprint density at radius 3 is 2.76 bits per heavy atom. The van der Waals surface area contributed by atoms with Crippen LogP contribution in [0.15, 0.2) is 17.0 Å². The predicted molar refractivity (Wildman–Crippen MR) is 80.4 cm³/mol. The molecule has 0 saturated heterocycles. The Balaban J connectivity index is 2.49. The Hall–Kier alpha value is 0.570. The molecule has 0 fully saturated rings. The zero-order valence-electron chi connectivity index (χ0n) is 9.49. The highest BCUT2D eigenvalue weighted by molar-refractivity contribution is 8.67. The van der Waals surface area contributed by atoms with Crippen LogP contribution in [0.2, 0.25) is 0 Å². The molecule has 0 aliphatic heterocycles. The third-order valence-electron chi connectivity index (χ3n) is 1.57. The van der Waals surface area contributed by atoms with Crippen molar-refractivity contribution >= 4 is 52.0 Å². The van der Waals surface area contributed by atoms with E-state index in [-0.39, 0.29) is 0 Å². The van der Waals surface area contributed by atoms with Gasteiger partial charge in [-0.3, -0.25) is 0 Å².